The summed E-state index contributed by atoms with van der Waals surface area (Å²) in [7, 11) is 2.03. The molecule has 19 heavy (non-hydrogen) atoms. The molecule has 4 heteroatoms. The van der Waals surface area contributed by atoms with E-state index < -0.39 is 0 Å². The van der Waals surface area contributed by atoms with Crippen molar-refractivity contribution in [2.24, 2.45) is 7.05 Å². The lowest BCUT2D eigenvalue weighted by Crippen LogP contribution is -2.25. The number of pyridine rings is 1. The summed E-state index contributed by atoms with van der Waals surface area (Å²) < 4.78 is 2.01. The van der Waals surface area contributed by atoms with Gasteiger partial charge in [0, 0.05) is 42.8 Å². The van der Waals surface area contributed by atoms with Crippen LogP contribution in [-0.2, 0) is 20.0 Å². The van der Waals surface area contributed by atoms with Crippen molar-refractivity contribution in [2.45, 2.75) is 38.8 Å². The molecular weight excluding hydrogens is 236 g/mol. The molecule has 2 aromatic rings. The molecule has 0 saturated heterocycles. The lowest BCUT2D eigenvalue weighted by molar-refractivity contribution is 0.451. The Balaban J connectivity index is 1.69. The number of fused-ring (bicyclic) bond motifs is 1. The third kappa shape index (κ3) is 2.54. The highest BCUT2D eigenvalue weighted by atomic mass is 15.3. The standard InChI is InChI=1S/C15H20N4/c1-11-6-7-12(8-16-11)9-17-14-4-3-5-15-13(14)10-18-19(15)2/h6-8,10,14,17H,3-5,9H2,1-2H3. The van der Waals surface area contributed by atoms with E-state index in [9.17, 15) is 0 Å². The molecule has 1 aliphatic carbocycles. The Bertz CT molecular complexity index is 556. The molecule has 0 aliphatic heterocycles. The first-order chi connectivity index (χ1) is 9.24. The Morgan fingerprint density at radius 1 is 1.37 bits per heavy atom. The van der Waals surface area contributed by atoms with Gasteiger partial charge in [-0.15, -0.1) is 0 Å². The van der Waals surface area contributed by atoms with E-state index in [4.69, 9.17) is 0 Å². The Morgan fingerprint density at radius 3 is 3.05 bits per heavy atom. The maximum atomic E-state index is 4.38. The molecule has 100 valence electrons. The fourth-order valence-corrected chi connectivity index (χ4v) is 2.76. The van der Waals surface area contributed by atoms with Crippen molar-refractivity contribution in [3.05, 3.63) is 47.0 Å². The summed E-state index contributed by atoms with van der Waals surface area (Å²) in [4.78, 5) is 4.33. The van der Waals surface area contributed by atoms with Crippen LogP contribution in [0.15, 0.2) is 24.5 Å². The summed E-state index contributed by atoms with van der Waals surface area (Å²) in [5, 5.41) is 8.01. The third-order valence-electron chi connectivity index (χ3n) is 3.90. The van der Waals surface area contributed by atoms with Crippen LogP contribution in [0.2, 0.25) is 0 Å². The molecule has 1 N–H and O–H groups in total. The Kier molecular flexibility index (Phi) is 3.34. The number of rotatable bonds is 3. The number of nitrogens with zero attached hydrogens (tertiary/aromatic N) is 3. The topological polar surface area (TPSA) is 42.7 Å². The zero-order chi connectivity index (χ0) is 13.2. The highest BCUT2D eigenvalue weighted by Gasteiger charge is 2.22. The number of aromatic nitrogens is 3. The average molecular weight is 256 g/mol. The summed E-state index contributed by atoms with van der Waals surface area (Å²) in [5.41, 5.74) is 5.05. The second-order valence-electron chi connectivity index (χ2n) is 5.30. The summed E-state index contributed by atoms with van der Waals surface area (Å²) in [6.45, 7) is 2.88. The van der Waals surface area contributed by atoms with Crippen LogP contribution in [0.5, 0.6) is 0 Å². The molecule has 0 spiro atoms. The molecule has 0 bridgehead atoms. The fraction of sp³-hybridized carbons (Fsp3) is 0.467. The lowest BCUT2D eigenvalue weighted by Gasteiger charge is -2.24. The number of nitrogens with one attached hydrogen (secondary N) is 1. The predicted molar refractivity (Wildman–Crippen MR) is 74.7 cm³/mol. The van der Waals surface area contributed by atoms with Crippen LogP contribution in [0.1, 0.15) is 41.4 Å². The highest BCUT2D eigenvalue weighted by Crippen LogP contribution is 2.29. The molecule has 1 unspecified atom stereocenters. The molecule has 0 aromatic carbocycles. The van der Waals surface area contributed by atoms with Crippen LogP contribution in [-0.4, -0.2) is 14.8 Å². The summed E-state index contributed by atoms with van der Waals surface area (Å²) in [5.74, 6) is 0. The molecular formula is C15H20N4. The van der Waals surface area contributed by atoms with Gasteiger partial charge in [0.05, 0.1) is 6.20 Å². The van der Waals surface area contributed by atoms with Gasteiger partial charge in [-0.3, -0.25) is 9.67 Å². The van der Waals surface area contributed by atoms with Crippen molar-refractivity contribution in [3.63, 3.8) is 0 Å². The first-order valence-electron chi connectivity index (χ1n) is 6.90. The molecule has 3 rings (SSSR count). The first kappa shape index (κ1) is 12.4. The molecule has 0 amide bonds. The van der Waals surface area contributed by atoms with E-state index in [1.165, 1.54) is 29.7 Å². The molecule has 4 nitrogen and oxygen atoms in total. The van der Waals surface area contributed by atoms with Crippen molar-refractivity contribution in [1.29, 1.82) is 0 Å². The highest BCUT2D eigenvalue weighted by molar-refractivity contribution is 5.25. The smallest absolute Gasteiger partial charge is 0.0540 e. The van der Waals surface area contributed by atoms with E-state index in [1.54, 1.807) is 0 Å². The maximum absolute atomic E-state index is 4.38. The third-order valence-corrected chi connectivity index (χ3v) is 3.90. The Hall–Kier alpha value is -1.68. The van der Waals surface area contributed by atoms with Crippen LogP contribution < -0.4 is 5.32 Å². The fourth-order valence-electron chi connectivity index (χ4n) is 2.76. The average Bonchev–Trinajstić information content (AvgIpc) is 2.81. The number of hydrogen-bond donors (Lipinski definition) is 1. The van der Waals surface area contributed by atoms with Gasteiger partial charge in [-0.05, 0) is 37.8 Å². The minimum absolute atomic E-state index is 0.429. The van der Waals surface area contributed by atoms with Gasteiger partial charge in [-0.2, -0.15) is 5.10 Å². The second kappa shape index (κ2) is 5.13. The zero-order valence-electron chi connectivity index (χ0n) is 11.6. The maximum Gasteiger partial charge on any atom is 0.0540 e. The molecule has 1 aliphatic rings. The van der Waals surface area contributed by atoms with Gasteiger partial charge in [0.2, 0.25) is 0 Å². The minimum Gasteiger partial charge on any atom is -0.306 e. The van der Waals surface area contributed by atoms with Gasteiger partial charge >= 0.3 is 0 Å². The van der Waals surface area contributed by atoms with Crippen LogP contribution in [0, 0.1) is 6.92 Å². The van der Waals surface area contributed by atoms with Crippen molar-refractivity contribution in [1.82, 2.24) is 20.1 Å². The van der Waals surface area contributed by atoms with Crippen LogP contribution in [0.25, 0.3) is 0 Å². The Morgan fingerprint density at radius 2 is 2.26 bits per heavy atom. The van der Waals surface area contributed by atoms with Crippen LogP contribution >= 0.6 is 0 Å². The van der Waals surface area contributed by atoms with Crippen molar-refractivity contribution in [2.75, 3.05) is 0 Å². The van der Waals surface area contributed by atoms with E-state index >= 15 is 0 Å². The zero-order valence-corrected chi connectivity index (χ0v) is 11.6. The summed E-state index contributed by atoms with van der Waals surface area (Å²) in [6, 6.07) is 4.63. The first-order valence-corrected chi connectivity index (χ1v) is 6.90. The van der Waals surface area contributed by atoms with Gasteiger partial charge in [0.1, 0.15) is 0 Å². The number of aryl methyl sites for hydroxylation is 2. The monoisotopic (exact) mass is 256 g/mol. The molecule has 0 radical (unpaired) electrons. The Labute approximate surface area is 113 Å². The van der Waals surface area contributed by atoms with Gasteiger partial charge in [0.15, 0.2) is 0 Å². The van der Waals surface area contributed by atoms with E-state index in [2.05, 4.69) is 27.5 Å². The largest absolute Gasteiger partial charge is 0.306 e. The quantitative estimate of drug-likeness (QED) is 0.916. The van der Waals surface area contributed by atoms with E-state index in [0.29, 0.717) is 6.04 Å². The van der Waals surface area contributed by atoms with Gasteiger partial charge in [0.25, 0.3) is 0 Å². The lowest BCUT2D eigenvalue weighted by atomic mass is 9.93. The molecule has 2 aromatic heterocycles. The van der Waals surface area contributed by atoms with Crippen LogP contribution in [0.4, 0.5) is 0 Å². The summed E-state index contributed by atoms with van der Waals surface area (Å²) in [6.07, 6.45) is 7.54. The minimum atomic E-state index is 0.429. The molecule has 0 fully saturated rings. The molecule has 2 heterocycles. The van der Waals surface area contributed by atoms with Crippen molar-refractivity contribution < 1.29 is 0 Å². The van der Waals surface area contributed by atoms with Crippen LogP contribution in [0.3, 0.4) is 0 Å². The van der Waals surface area contributed by atoms with Crippen molar-refractivity contribution in [3.8, 4) is 0 Å². The van der Waals surface area contributed by atoms with E-state index in [0.717, 1.165) is 18.7 Å². The van der Waals surface area contributed by atoms with Gasteiger partial charge in [-0.1, -0.05) is 6.07 Å². The van der Waals surface area contributed by atoms with E-state index in [1.807, 2.05) is 31.0 Å². The van der Waals surface area contributed by atoms with Gasteiger partial charge in [-0.25, -0.2) is 0 Å². The SMILES string of the molecule is Cc1ccc(CNC2CCCc3c2cnn3C)cn1. The van der Waals surface area contributed by atoms with Gasteiger partial charge < -0.3 is 5.32 Å². The second-order valence-corrected chi connectivity index (χ2v) is 5.30. The summed E-state index contributed by atoms with van der Waals surface area (Å²) >= 11 is 0. The van der Waals surface area contributed by atoms with Crippen molar-refractivity contribution >= 4 is 0 Å². The van der Waals surface area contributed by atoms with E-state index in [-0.39, 0.29) is 0 Å². The molecule has 1 atom stereocenters. The normalized spacial score (nSPS) is 18.3. The number of hydrogen-bond acceptors (Lipinski definition) is 3. The molecule has 0 saturated carbocycles. The predicted octanol–water partition coefficient (Wildman–Crippen LogP) is 2.29.